The van der Waals surface area contributed by atoms with E-state index >= 15 is 0 Å². The maximum absolute atomic E-state index is 13.0. The average Bonchev–Trinajstić information content (AvgIpc) is 2.84. The van der Waals surface area contributed by atoms with Crippen LogP contribution in [0.5, 0.6) is 5.75 Å². The van der Waals surface area contributed by atoms with Crippen molar-refractivity contribution in [1.29, 1.82) is 0 Å². The van der Waals surface area contributed by atoms with Gasteiger partial charge >= 0.3 is 6.18 Å². The number of alkyl halides is 3. The molecular formula is C14H17F3N2O2. The quantitative estimate of drug-likeness (QED) is 0.902. The van der Waals surface area contributed by atoms with Crippen LogP contribution in [0.4, 0.5) is 18.9 Å². The highest BCUT2D eigenvalue weighted by molar-refractivity contribution is 5.94. The molecule has 2 rings (SSSR count). The van der Waals surface area contributed by atoms with Crippen molar-refractivity contribution in [2.45, 2.75) is 25.6 Å². The summed E-state index contributed by atoms with van der Waals surface area (Å²) in [6.07, 6.45) is -3.94. The SMILES string of the molecule is COc1ccc(NC(=O)C2CCNC2C)c(C(F)(F)F)c1. The first kappa shape index (κ1) is 15.6. The zero-order valence-electron chi connectivity index (χ0n) is 11.8. The van der Waals surface area contributed by atoms with Crippen molar-refractivity contribution in [3.05, 3.63) is 23.8 Å². The van der Waals surface area contributed by atoms with Gasteiger partial charge in [0.05, 0.1) is 24.3 Å². The highest BCUT2D eigenvalue weighted by atomic mass is 19.4. The van der Waals surface area contributed by atoms with Crippen LogP contribution in [0.3, 0.4) is 0 Å². The molecular weight excluding hydrogens is 285 g/mol. The third kappa shape index (κ3) is 3.47. The minimum absolute atomic E-state index is 0.0439. The first-order valence-corrected chi connectivity index (χ1v) is 6.62. The predicted octanol–water partition coefficient (Wildman–Crippen LogP) is 2.65. The molecule has 2 N–H and O–H groups in total. The lowest BCUT2D eigenvalue weighted by atomic mass is 10.0. The van der Waals surface area contributed by atoms with Gasteiger partial charge in [-0.25, -0.2) is 0 Å². The van der Waals surface area contributed by atoms with Crippen molar-refractivity contribution < 1.29 is 22.7 Å². The lowest BCUT2D eigenvalue weighted by molar-refractivity contribution is -0.137. The predicted molar refractivity (Wildman–Crippen MR) is 72.2 cm³/mol. The van der Waals surface area contributed by atoms with Gasteiger partial charge in [0.25, 0.3) is 0 Å². The fourth-order valence-corrected chi connectivity index (χ4v) is 2.44. The number of carbonyl (C=O) groups is 1. The topological polar surface area (TPSA) is 50.4 Å². The highest BCUT2D eigenvalue weighted by Crippen LogP contribution is 2.37. The van der Waals surface area contributed by atoms with Crippen LogP contribution in [-0.4, -0.2) is 25.6 Å². The Hall–Kier alpha value is -1.76. The van der Waals surface area contributed by atoms with Crippen molar-refractivity contribution >= 4 is 11.6 Å². The second-order valence-corrected chi connectivity index (χ2v) is 5.04. The zero-order valence-corrected chi connectivity index (χ0v) is 11.8. The van der Waals surface area contributed by atoms with Gasteiger partial charge in [0.2, 0.25) is 5.91 Å². The summed E-state index contributed by atoms with van der Waals surface area (Å²) in [7, 11) is 1.29. The first-order valence-electron chi connectivity index (χ1n) is 6.62. The molecule has 116 valence electrons. The van der Waals surface area contributed by atoms with E-state index in [1.807, 2.05) is 6.92 Å². The second-order valence-electron chi connectivity index (χ2n) is 5.04. The van der Waals surface area contributed by atoms with Crippen molar-refractivity contribution in [3.8, 4) is 5.75 Å². The van der Waals surface area contributed by atoms with Gasteiger partial charge in [0.15, 0.2) is 0 Å². The van der Waals surface area contributed by atoms with Gasteiger partial charge in [-0.15, -0.1) is 0 Å². The number of halogens is 3. The van der Waals surface area contributed by atoms with E-state index in [9.17, 15) is 18.0 Å². The number of methoxy groups -OCH3 is 1. The summed E-state index contributed by atoms with van der Waals surface area (Å²) < 4.78 is 44.0. The molecule has 2 unspecified atom stereocenters. The number of anilines is 1. The van der Waals surface area contributed by atoms with Crippen LogP contribution in [0.15, 0.2) is 18.2 Å². The second kappa shape index (κ2) is 5.93. The summed E-state index contributed by atoms with van der Waals surface area (Å²) in [6, 6.07) is 3.44. The number of ether oxygens (including phenoxy) is 1. The standard InChI is InChI=1S/C14H17F3N2O2/c1-8-10(5-6-18-8)13(20)19-12-4-3-9(21-2)7-11(12)14(15,16)17/h3-4,7-8,10,18H,5-6H2,1-2H3,(H,19,20). The number of amides is 1. The Kier molecular flexibility index (Phi) is 4.41. The Bertz CT molecular complexity index is 531. The lowest BCUT2D eigenvalue weighted by Gasteiger charge is -2.18. The van der Waals surface area contributed by atoms with Gasteiger partial charge in [-0.05, 0) is 38.1 Å². The third-order valence-corrected chi connectivity index (χ3v) is 3.65. The molecule has 0 saturated carbocycles. The minimum Gasteiger partial charge on any atom is -0.497 e. The van der Waals surface area contributed by atoms with E-state index in [2.05, 4.69) is 10.6 Å². The Morgan fingerprint density at radius 1 is 1.43 bits per heavy atom. The molecule has 0 radical (unpaired) electrons. The van der Waals surface area contributed by atoms with Crippen molar-refractivity contribution in [1.82, 2.24) is 5.32 Å². The van der Waals surface area contributed by atoms with Gasteiger partial charge in [-0.2, -0.15) is 13.2 Å². The molecule has 1 aromatic carbocycles. The molecule has 0 aliphatic carbocycles. The normalized spacial score (nSPS) is 22.1. The van der Waals surface area contributed by atoms with Crippen molar-refractivity contribution in [2.75, 3.05) is 19.0 Å². The van der Waals surface area contributed by atoms with Crippen LogP contribution in [0.1, 0.15) is 18.9 Å². The number of hydrogen-bond donors (Lipinski definition) is 2. The number of carbonyl (C=O) groups excluding carboxylic acids is 1. The van der Waals surface area contributed by atoms with Gasteiger partial charge in [-0.3, -0.25) is 4.79 Å². The van der Waals surface area contributed by atoms with E-state index in [0.29, 0.717) is 13.0 Å². The third-order valence-electron chi connectivity index (χ3n) is 3.65. The van der Waals surface area contributed by atoms with E-state index in [0.717, 1.165) is 6.07 Å². The summed E-state index contributed by atoms with van der Waals surface area (Å²) in [5.74, 6) is -0.632. The summed E-state index contributed by atoms with van der Waals surface area (Å²) in [5, 5.41) is 5.48. The highest BCUT2D eigenvalue weighted by Gasteiger charge is 2.36. The lowest BCUT2D eigenvalue weighted by Crippen LogP contribution is -2.32. The average molecular weight is 302 g/mol. The number of hydrogen-bond acceptors (Lipinski definition) is 3. The number of rotatable bonds is 3. The Balaban J connectivity index is 2.25. The molecule has 1 aliphatic rings. The van der Waals surface area contributed by atoms with Crippen LogP contribution in [-0.2, 0) is 11.0 Å². The minimum atomic E-state index is -4.56. The van der Waals surface area contributed by atoms with Crippen LogP contribution >= 0.6 is 0 Å². The molecule has 1 aromatic rings. The molecule has 1 fully saturated rings. The summed E-state index contributed by atoms with van der Waals surface area (Å²) >= 11 is 0. The van der Waals surface area contributed by atoms with E-state index in [4.69, 9.17) is 4.74 Å². The smallest absolute Gasteiger partial charge is 0.418 e. The largest absolute Gasteiger partial charge is 0.497 e. The Morgan fingerprint density at radius 3 is 2.67 bits per heavy atom. The van der Waals surface area contributed by atoms with Gasteiger partial charge < -0.3 is 15.4 Å². The molecule has 1 amide bonds. The molecule has 2 atom stereocenters. The van der Waals surface area contributed by atoms with Gasteiger partial charge in [0, 0.05) is 6.04 Å². The van der Waals surface area contributed by atoms with Crippen molar-refractivity contribution in [3.63, 3.8) is 0 Å². The fraction of sp³-hybridized carbons (Fsp3) is 0.500. The molecule has 1 heterocycles. The molecule has 4 nitrogen and oxygen atoms in total. The molecule has 1 aliphatic heterocycles. The van der Waals surface area contributed by atoms with E-state index < -0.39 is 17.6 Å². The molecule has 1 saturated heterocycles. The van der Waals surface area contributed by atoms with Gasteiger partial charge in [-0.1, -0.05) is 0 Å². The fourth-order valence-electron chi connectivity index (χ4n) is 2.44. The number of benzene rings is 1. The summed E-state index contributed by atoms with van der Waals surface area (Å²) in [5.41, 5.74) is -1.15. The number of nitrogens with one attached hydrogen (secondary N) is 2. The molecule has 0 spiro atoms. The van der Waals surface area contributed by atoms with Crippen LogP contribution < -0.4 is 15.4 Å². The van der Waals surface area contributed by atoms with Crippen molar-refractivity contribution in [2.24, 2.45) is 5.92 Å². The van der Waals surface area contributed by atoms with E-state index in [1.54, 1.807) is 0 Å². The van der Waals surface area contributed by atoms with Crippen LogP contribution in [0.25, 0.3) is 0 Å². The zero-order chi connectivity index (χ0) is 15.6. The Morgan fingerprint density at radius 2 is 2.14 bits per heavy atom. The van der Waals surface area contributed by atoms with E-state index in [-0.39, 0.29) is 23.4 Å². The molecule has 21 heavy (non-hydrogen) atoms. The summed E-state index contributed by atoms with van der Waals surface area (Å²) in [4.78, 5) is 12.1. The van der Waals surface area contributed by atoms with Gasteiger partial charge in [0.1, 0.15) is 5.75 Å². The summed E-state index contributed by atoms with van der Waals surface area (Å²) in [6.45, 7) is 2.53. The van der Waals surface area contributed by atoms with E-state index in [1.165, 1.54) is 19.2 Å². The maximum atomic E-state index is 13.0. The van der Waals surface area contributed by atoms with Crippen LogP contribution in [0.2, 0.25) is 0 Å². The maximum Gasteiger partial charge on any atom is 0.418 e. The Labute approximate surface area is 120 Å². The first-order chi connectivity index (χ1) is 9.82. The molecule has 7 heteroatoms. The monoisotopic (exact) mass is 302 g/mol. The molecule has 0 bridgehead atoms. The van der Waals surface area contributed by atoms with Crippen LogP contribution in [0, 0.1) is 5.92 Å². The molecule has 0 aromatic heterocycles.